The smallest absolute Gasteiger partial charge is 0.0326 e. The van der Waals surface area contributed by atoms with Crippen LogP contribution in [0, 0.1) is 27.7 Å². The van der Waals surface area contributed by atoms with Crippen molar-refractivity contribution in [2.24, 2.45) is 0 Å². The molecule has 4 heterocycles. The van der Waals surface area contributed by atoms with E-state index in [1.54, 1.807) is 46.7 Å². The minimum atomic E-state index is 0. The summed E-state index contributed by atoms with van der Waals surface area (Å²) >= 11 is 10.8. The van der Waals surface area contributed by atoms with Crippen molar-refractivity contribution in [1.82, 2.24) is 0 Å². The van der Waals surface area contributed by atoms with E-state index >= 15 is 0 Å². The maximum Gasteiger partial charge on any atom is 0.0326 e. The van der Waals surface area contributed by atoms with Crippen LogP contribution in [0.4, 0.5) is 0 Å². The molecule has 10 heteroatoms. The molecule has 0 amide bonds. The molecule has 0 aliphatic heterocycles. The maximum absolute atomic E-state index is 2.31. The molecule has 0 N–H and O–H groups in total. The number of thiophene rings is 4. The summed E-state index contributed by atoms with van der Waals surface area (Å²) in [6.45, 7) is 17.9. The fraction of sp³-hybridized carbons (Fsp3) is 0.105. The van der Waals surface area contributed by atoms with Gasteiger partial charge in [-0.15, -0.1) is 183 Å². The molecular formula is C76H64Cl2S4Si2Zr2-2. The quantitative estimate of drug-likeness (QED) is 0.122. The van der Waals surface area contributed by atoms with E-state index in [0.29, 0.717) is 0 Å². The second-order valence-electron chi connectivity index (χ2n) is 22.0. The molecular weight excluding hydrogens is 1350 g/mol. The summed E-state index contributed by atoms with van der Waals surface area (Å²) in [5.74, 6) is 0. The zero-order chi connectivity index (χ0) is 58.4. The van der Waals surface area contributed by atoms with Gasteiger partial charge >= 0.3 is 83.7 Å². The second-order valence-corrected chi connectivity index (χ2v) is 44.2. The molecule has 0 unspecified atom stereocenters. The predicted octanol–water partition coefficient (Wildman–Crippen LogP) is 18.6. The molecule has 0 fully saturated rings. The van der Waals surface area contributed by atoms with Crippen LogP contribution in [-0.4, -0.2) is 10.9 Å². The van der Waals surface area contributed by atoms with Gasteiger partial charge in [-0.05, 0) is 64.6 Å². The normalized spacial score (nSPS) is 10.7. The molecule has 0 spiro atoms. The van der Waals surface area contributed by atoms with E-state index in [4.69, 9.17) is 0 Å². The van der Waals surface area contributed by atoms with Crippen LogP contribution in [0.2, 0.25) is 26.2 Å². The van der Waals surface area contributed by atoms with Gasteiger partial charge in [-0.3, -0.25) is 0 Å². The van der Waals surface area contributed by atoms with Gasteiger partial charge in [-0.2, -0.15) is 24.3 Å². The summed E-state index contributed by atoms with van der Waals surface area (Å²) in [6, 6.07) is 79.1. The molecule has 0 aliphatic carbocycles. The minimum absolute atomic E-state index is 0. The molecule has 86 heavy (non-hydrogen) atoms. The number of fused-ring (bicyclic) bond motifs is 8. The molecule has 16 rings (SSSR count). The zero-order valence-electron chi connectivity index (χ0n) is 49.5. The number of halogens is 2. The van der Waals surface area contributed by atoms with Gasteiger partial charge in [0.05, 0.1) is 0 Å². The number of rotatable bonds is 4. The molecule has 0 aliphatic rings. The SMILES string of the molecule is C[Si](C)=[Zr+2].C[Si](C)=[Zr+2].Cc1cc2c(-c3scc4ccccc34)cccc2[cH-]1.Cc1cc2c(-c3scc4ccccc34)cccc2[cH-]1.Cc1cc2c(-c3scc4ccccc34)cccc2[cH-]1.Cc1cc2c(-c3scc4ccccc34)cccc2[cH-]1.[Cl-].[Cl-]. The van der Waals surface area contributed by atoms with Gasteiger partial charge in [0.15, 0.2) is 0 Å². The Hall–Kier alpha value is -5.18. The Balaban J connectivity index is 0.000000130. The Morgan fingerprint density at radius 3 is 0.686 bits per heavy atom. The molecule has 12 aromatic carbocycles. The standard InChI is InChI=1S/4C18H13S.2C2H6Si.2ClH.2Zr/c4*1-12-9-13-6-4-8-16(17(13)10-12)18-15-7-3-2-5-14(15)11-19-18;2*1-3-2;;;;/h4*2-11H,1H3;2*1-2H3;2*1H;;/q4*-1;;;;;2*+2/p-2. The van der Waals surface area contributed by atoms with Gasteiger partial charge in [0.2, 0.25) is 0 Å². The van der Waals surface area contributed by atoms with Crippen molar-refractivity contribution in [2.75, 3.05) is 0 Å². The van der Waals surface area contributed by atoms with Gasteiger partial charge in [-0.1, -0.05) is 171 Å². The molecule has 0 bridgehead atoms. The summed E-state index contributed by atoms with van der Waals surface area (Å²) in [6.07, 6.45) is 0. The van der Waals surface area contributed by atoms with Crippen LogP contribution in [0.25, 0.3) is 128 Å². The first-order chi connectivity index (χ1) is 40.8. The topological polar surface area (TPSA) is 0 Å². The molecule has 0 saturated heterocycles. The Bertz CT molecular complexity index is 4350. The molecule has 0 saturated carbocycles. The molecule has 424 valence electrons. The van der Waals surface area contributed by atoms with Crippen molar-refractivity contribution in [3.8, 4) is 41.8 Å². The third kappa shape index (κ3) is 14.9. The summed E-state index contributed by atoms with van der Waals surface area (Å²) < 4.78 is 0. The predicted molar refractivity (Wildman–Crippen MR) is 375 cm³/mol. The first-order valence-electron chi connectivity index (χ1n) is 28.3. The van der Waals surface area contributed by atoms with Crippen LogP contribution in [0.5, 0.6) is 0 Å². The Labute approximate surface area is 565 Å². The van der Waals surface area contributed by atoms with Gasteiger partial charge in [0.1, 0.15) is 0 Å². The molecule has 0 atom stereocenters. The fourth-order valence-corrected chi connectivity index (χ4v) is 15.4. The van der Waals surface area contributed by atoms with Crippen molar-refractivity contribution in [3.63, 3.8) is 0 Å². The molecule has 0 nitrogen and oxygen atoms in total. The van der Waals surface area contributed by atoms with E-state index in [2.05, 4.69) is 294 Å². The molecule has 4 aromatic heterocycles. The average Bonchev–Trinajstić information content (AvgIpc) is 4.49. The first kappa shape index (κ1) is 65.3. The van der Waals surface area contributed by atoms with Crippen molar-refractivity contribution >= 4 is 142 Å². The largest absolute Gasteiger partial charge is 1.00 e. The molecule has 16 aromatic rings. The zero-order valence-corrected chi connectivity index (χ0v) is 61.2. The summed E-state index contributed by atoms with van der Waals surface area (Å²) in [5, 5.41) is 30.6. The number of benzene rings is 8. The average molecular weight is 1420 g/mol. The monoisotopic (exact) mass is 1410 g/mol. The molecule has 0 radical (unpaired) electrons. The van der Waals surface area contributed by atoms with Crippen LogP contribution in [-0.2, 0) is 46.7 Å². The van der Waals surface area contributed by atoms with E-state index in [0.717, 1.165) is 0 Å². The van der Waals surface area contributed by atoms with Gasteiger partial charge in [0.25, 0.3) is 0 Å². The Kier molecular flexibility index (Phi) is 22.7. The second kappa shape index (κ2) is 29.9. The van der Waals surface area contributed by atoms with Crippen molar-refractivity contribution in [1.29, 1.82) is 0 Å². The van der Waals surface area contributed by atoms with Crippen molar-refractivity contribution in [3.05, 3.63) is 262 Å². The first-order valence-corrected chi connectivity index (χ1v) is 44.2. The van der Waals surface area contributed by atoms with Crippen molar-refractivity contribution < 1.29 is 71.5 Å². The van der Waals surface area contributed by atoms with Gasteiger partial charge < -0.3 is 24.8 Å². The van der Waals surface area contributed by atoms with E-state index in [1.165, 1.54) is 150 Å². The van der Waals surface area contributed by atoms with Crippen LogP contribution >= 0.6 is 45.3 Å². The van der Waals surface area contributed by atoms with Crippen LogP contribution in [0.1, 0.15) is 22.3 Å². The number of aryl methyl sites for hydroxylation is 4. The van der Waals surface area contributed by atoms with E-state index in [-0.39, 0.29) is 35.7 Å². The van der Waals surface area contributed by atoms with Gasteiger partial charge in [-0.25, -0.2) is 0 Å². The van der Waals surface area contributed by atoms with E-state index < -0.39 is 0 Å². The summed E-state index contributed by atoms with van der Waals surface area (Å²) in [7, 11) is 0. The van der Waals surface area contributed by atoms with Crippen LogP contribution < -0.4 is 24.8 Å². The third-order valence-corrected chi connectivity index (χ3v) is 18.8. The fourth-order valence-electron chi connectivity index (χ4n) is 11.1. The van der Waals surface area contributed by atoms with E-state index in [1.807, 2.05) is 45.3 Å². The number of hydrogen-bond donors (Lipinski definition) is 0. The van der Waals surface area contributed by atoms with E-state index in [9.17, 15) is 0 Å². The van der Waals surface area contributed by atoms with Gasteiger partial charge in [0, 0.05) is 19.5 Å². The number of hydrogen-bond acceptors (Lipinski definition) is 4. The minimum Gasteiger partial charge on any atom is -1.00 e. The van der Waals surface area contributed by atoms with Crippen molar-refractivity contribution in [2.45, 2.75) is 53.9 Å². The summed E-state index contributed by atoms with van der Waals surface area (Å²) in [5.41, 5.74) is 11.2. The Morgan fingerprint density at radius 2 is 0.477 bits per heavy atom. The van der Waals surface area contributed by atoms with Crippen LogP contribution in [0.3, 0.4) is 0 Å². The summed E-state index contributed by atoms with van der Waals surface area (Å²) in [4.78, 5) is 5.53. The Morgan fingerprint density at radius 1 is 0.279 bits per heavy atom. The maximum atomic E-state index is 2.31. The van der Waals surface area contributed by atoms with Crippen LogP contribution in [0.15, 0.2) is 240 Å². The third-order valence-electron chi connectivity index (χ3n) is 14.6.